The van der Waals surface area contributed by atoms with E-state index in [1.807, 2.05) is 54.6 Å². The maximum atomic E-state index is 13.4. The zero-order valence-electron chi connectivity index (χ0n) is 18.0. The molecule has 4 rings (SSSR count). The summed E-state index contributed by atoms with van der Waals surface area (Å²) in [5, 5.41) is 12.3. The fraction of sp³-hybridized carbons (Fsp3) is 0.0714. The van der Waals surface area contributed by atoms with Crippen LogP contribution in [0.15, 0.2) is 97.1 Å². The SMILES string of the molecule is O=C(N[C@@H](Cc1ccc(-c2ccccc2)cc1)C(=O)O)c1ccc(-c2ccc(F)c(Cl)c2)cc1. The molecule has 0 aliphatic heterocycles. The van der Waals surface area contributed by atoms with E-state index in [0.717, 1.165) is 22.3 Å². The van der Waals surface area contributed by atoms with Gasteiger partial charge in [-0.15, -0.1) is 0 Å². The molecule has 0 heterocycles. The van der Waals surface area contributed by atoms with Gasteiger partial charge < -0.3 is 10.4 Å². The summed E-state index contributed by atoms with van der Waals surface area (Å²) in [7, 11) is 0. The summed E-state index contributed by atoms with van der Waals surface area (Å²) in [6.45, 7) is 0. The third kappa shape index (κ3) is 5.50. The van der Waals surface area contributed by atoms with Crippen LogP contribution >= 0.6 is 11.6 Å². The number of halogens is 2. The average molecular weight is 474 g/mol. The monoisotopic (exact) mass is 473 g/mol. The summed E-state index contributed by atoms with van der Waals surface area (Å²) in [6, 6.07) is 27.4. The van der Waals surface area contributed by atoms with Crippen molar-refractivity contribution < 1.29 is 19.1 Å². The Kier molecular flexibility index (Phi) is 7.04. The minimum Gasteiger partial charge on any atom is -0.480 e. The minimum atomic E-state index is -1.11. The maximum absolute atomic E-state index is 13.4. The molecule has 1 atom stereocenters. The van der Waals surface area contributed by atoms with E-state index < -0.39 is 23.7 Å². The molecule has 0 aliphatic carbocycles. The van der Waals surface area contributed by atoms with Gasteiger partial charge >= 0.3 is 5.97 Å². The average Bonchev–Trinajstić information content (AvgIpc) is 2.86. The molecule has 0 spiro atoms. The first-order valence-electron chi connectivity index (χ1n) is 10.6. The third-order valence-corrected chi connectivity index (χ3v) is 5.79. The molecule has 0 unspecified atom stereocenters. The summed E-state index contributed by atoms with van der Waals surface area (Å²) in [4.78, 5) is 24.5. The van der Waals surface area contributed by atoms with Crippen LogP contribution < -0.4 is 5.32 Å². The first kappa shape index (κ1) is 23.2. The lowest BCUT2D eigenvalue weighted by molar-refractivity contribution is -0.139. The van der Waals surface area contributed by atoms with Gasteiger partial charge in [-0.2, -0.15) is 0 Å². The molecule has 0 saturated heterocycles. The molecule has 6 heteroatoms. The van der Waals surface area contributed by atoms with Gasteiger partial charge in [0.1, 0.15) is 11.9 Å². The molecule has 0 bridgehead atoms. The lowest BCUT2D eigenvalue weighted by atomic mass is 10.00. The second kappa shape index (κ2) is 10.3. The number of carboxylic acids is 1. The number of benzene rings is 4. The number of hydrogen-bond donors (Lipinski definition) is 2. The zero-order chi connectivity index (χ0) is 24.1. The minimum absolute atomic E-state index is 0.0143. The first-order chi connectivity index (χ1) is 16.4. The van der Waals surface area contributed by atoms with Crippen LogP contribution in [0, 0.1) is 5.82 Å². The van der Waals surface area contributed by atoms with E-state index in [0.29, 0.717) is 11.1 Å². The number of carbonyl (C=O) groups is 2. The summed E-state index contributed by atoms with van der Waals surface area (Å²) in [6.07, 6.45) is 0.155. The number of carbonyl (C=O) groups excluding carboxylic acids is 1. The van der Waals surface area contributed by atoms with E-state index in [9.17, 15) is 19.1 Å². The van der Waals surface area contributed by atoms with Crippen molar-refractivity contribution in [2.24, 2.45) is 0 Å². The Labute approximate surface area is 201 Å². The van der Waals surface area contributed by atoms with Crippen LogP contribution in [0.4, 0.5) is 4.39 Å². The Morgan fingerprint density at radius 3 is 1.97 bits per heavy atom. The van der Waals surface area contributed by atoms with Crippen LogP contribution in [0.25, 0.3) is 22.3 Å². The van der Waals surface area contributed by atoms with Crippen LogP contribution in [0.1, 0.15) is 15.9 Å². The molecule has 4 aromatic carbocycles. The smallest absolute Gasteiger partial charge is 0.326 e. The van der Waals surface area contributed by atoms with E-state index in [4.69, 9.17) is 11.6 Å². The first-order valence-corrected chi connectivity index (χ1v) is 11.0. The number of hydrogen-bond acceptors (Lipinski definition) is 2. The number of aliphatic carboxylic acids is 1. The second-order valence-corrected chi connectivity index (χ2v) is 8.24. The van der Waals surface area contributed by atoms with Gasteiger partial charge in [-0.25, -0.2) is 9.18 Å². The Hall–Kier alpha value is -3.96. The molecule has 4 aromatic rings. The molecular weight excluding hydrogens is 453 g/mol. The van der Waals surface area contributed by atoms with Crippen LogP contribution in [0.3, 0.4) is 0 Å². The molecule has 0 fully saturated rings. The zero-order valence-corrected chi connectivity index (χ0v) is 18.8. The molecule has 0 aromatic heterocycles. The fourth-order valence-corrected chi connectivity index (χ4v) is 3.81. The predicted molar refractivity (Wildman–Crippen MR) is 131 cm³/mol. The standard InChI is InChI=1S/C28H21ClFNO3/c29-24-17-23(14-15-25(24)30)21-10-12-22(13-11-21)27(32)31-26(28(33)34)16-18-6-8-20(9-7-18)19-4-2-1-3-5-19/h1-15,17,26H,16H2,(H,31,32)(H,33,34)/t26-/m0/s1. The highest BCUT2D eigenvalue weighted by Gasteiger charge is 2.21. The highest BCUT2D eigenvalue weighted by Crippen LogP contribution is 2.25. The van der Waals surface area contributed by atoms with Crippen LogP contribution in [-0.2, 0) is 11.2 Å². The van der Waals surface area contributed by atoms with Crippen LogP contribution in [0.5, 0.6) is 0 Å². The molecule has 1 amide bonds. The van der Waals surface area contributed by atoms with Gasteiger partial charge in [-0.05, 0) is 52.1 Å². The van der Waals surface area contributed by atoms with Crippen molar-refractivity contribution in [3.05, 3.63) is 119 Å². The quantitative estimate of drug-likeness (QED) is 0.334. The van der Waals surface area contributed by atoms with Crippen molar-refractivity contribution in [3.8, 4) is 22.3 Å². The molecule has 2 N–H and O–H groups in total. The molecule has 0 radical (unpaired) electrons. The Morgan fingerprint density at radius 1 is 0.794 bits per heavy atom. The Balaban J connectivity index is 1.43. The maximum Gasteiger partial charge on any atom is 0.326 e. The van der Waals surface area contributed by atoms with Gasteiger partial charge in [-0.1, -0.05) is 84.4 Å². The normalized spacial score (nSPS) is 11.6. The van der Waals surface area contributed by atoms with Gasteiger partial charge in [0.15, 0.2) is 0 Å². The number of amides is 1. The summed E-state index contributed by atoms with van der Waals surface area (Å²) in [5.74, 6) is -2.11. The van der Waals surface area contributed by atoms with E-state index in [-0.39, 0.29) is 11.4 Å². The molecule has 4 nitrogen and oxygen atoms in total. The predicted octanol–water partition coefficient (Wildman–Crippen LogP) is 6.24. The number of nitrogens with one attached hydrogen (secondary N) is 1. The lowest BCUT2D eigenvalue weighted by Crippen LogP contribution is -2.42. The Bertz CT molecular complexity index is 1310. The second-order valence-electron chi connectivity index (χ2n) is 7.84. The van der Waals surface area contributed by atoms with Gasteiger partial charge in [0.05, 0.1) is 5.02 Å². The van der Waals surface area contributed by atoms with Crippen molar-refractivity contribution in [1.29, 1.82) is 0 Å². The van der Waals surface area contributed by atoms with E-state index in [2.05, 4.69) is 5.32 Å². The summed E-state index contributed by atoms with van der Waals surface area (Å²) in [5.41, 5.74) is 4.69. The fourth-order valence-electron chi connectivity index (χ4n) is 3.63. The van der Waals surface area contributed by atoms with Crippen LogP contribution in [-0.4, -0.2) is 23.0 Å². The molecular formula is C28H21ClFNO3. The lowest BCUT2D eigenvalue weighted by Gasteiger charge is -2.15. The highest BCUT2D eigenvalue weighted by atomic mass is 35.5. The largest absolute Gasteiger partial charge is 0.480 e. The van der Waals surface area contributed by atoms with Gasteiger partial charge in [0.25, 0.3) is 5.91 Å². The summed E-state index contributed by atoms with van der Waals surface area (Å²) >= 11 is 5.84. The highest BCUT2D eigenvalue weighted by molar-refractivity contribution is 6.31. The van der Waals surface area contributed by atoms with Crippen LogP contribution in [0.2, 0.25) is 5.02 Å². The van der Waals surface area contributed by atoms with Crippen molar-refractivity contribution in [3.63, 3.8) is 0 Å². The number of carboxylic acid groups (broad SMARTS) is 1. The Morgan fingerprint density at radius 2 is 1.35 bits per heavy atom. The van der Waals surface area contributed by atoms with Crippen molar-refractivity contribution in [2.75, 3.05) is 0 Å². The van der Waals surface area contributed by atoms with E-state index >= 15 is 0 Å². The van der Waals surface area contributed by atoms with Gasteiger partial charge in [0.2, 0.25) is 0 Å². The van der Waals surface area contributed by atoms with E-state index in [1.54, 1.807) is 30.3 Å². The summed E-state index contributed by atoms with van der Waals surface area (Å²) < 4.78 is 13.4. The topological polar surface area (TPSA) is 66.4 Å². The van der Waals surface area contributed by atoms with Gasteiger partial charge in [-0.3, -0.25) is 4.79 Å². The van der Waals surface area contributed by atoms with Crippen molar-refractivity contribution in [1.82, 2.24) is 5.32 Å². The van der Waals surface area contributed by atoms with E-state index in [1.165, 1.54) is 12.1 Å². The number of rotatable bonds is 7. The molecule has 0 aliphatic rings. The molecule has 0 saturated carbocycles. The molecule has 170 valence electrons. The van der Waals surface area contributed by atoms with Gasteiger partial charge in [0, 0.05) is 12.0 Å². The third-order valence-electron chi connectivity index (χ3n) is 5.50. The van der Waals surface area contributed by atoms with Crippen molar-refractivity contribution >= 4 is 23.5 Å². The van der Waals surface area contributed by atoms with Crippen molar-refractivity contribution in [2.45, 2.75) is 12.5 Å². The molecule has 34 heavy (non-hydrogen) atoms.